The third kappa shape index (κ3) is 3.69. The van der Waals surface area contributed by atoms with Gasteiger partial charge >= 0.3 is 11.9 Å². The Balaban J connectivity index is 2.21. The molecule has 0 saturated carbocycles. The van der Waals surface area contributed by atoms with Crippen molar-refractivity contribution in [2.24, 2.45) is 0 Å². The molecular formula is C16H10F3N5O5. The minimum atomic E-state index is -4.81. The van der Waals surface area contributed by atoms with E-state index >= 15 is 0 Å². The molecule has 150 valence electrons. The number of nitro groups is 1. The van der Waals surface area contributed by atoms with E-state index in [1.165, 1.54) is 6.92 Å². The first kappa shape index (κ1) is 19.7. The molecule has 0 unspecified atom stereocenters. The van der Waals surface area contributed by atoms with E-state index in [4.69, 9.17) is 0 Å². The number of alkyl halides is 3. The van der Waals surface area contributed by atoms with E-state index in [0.717, 1.165) is 18.5 Å². The Morgan fingerprint density at radius 1 is 1.14 bits per heavy atom. The first-order valence-electron chi connectivity index (χ1n) is 7.70. The number of nitro benzene ring substituents is 1. The second-order valence-corrected chi connectivity index (χ2v) is 5.82. The van der Waals surface area contributed by atoms with Crippen LogP contribution in [0.2, 0.25) is 0 Å². The van der Waals surface area contributed by atoms with E-state index in [9.17, 15) is 38.7 Å². The summed E-state index contributed by atoms with van der Waals surface area (Å²) in [5.41, 5.74) is -3.00. The van der Waals surface area contributed by atoms with Gasteiger partial charge in [-0.2, -0.15) is 17.9 Å². The van der Waals surface area contributed by atoms with Gasteiger partial charge in [0.05, 0.1) is 16.1 Å². The Labute approximate surface area is 159 Å². The van der Waals surface area contributed by atoms with Crippen molar-refractivity contribution in [3.63, 3.8) is 0 Å². The van der Waals surface area contributed by atoms with E-state index in [0.29, 0.717) is 12.3 Å². The van der Waals surface area contributed by atoms with Gasteiger partial charge in [-0.3, -0.25) is 10.1 Å². The van der Waals surface area contributed by atoms with Gasteiger partial charge in [-0.15, -0.1) is 0 Å². The quantitative estimate of drug-likeness (QED) is 0.220. The molecule has 0 bridgehead atoms. The number of hydrogen-bond acceptors (Lipinski definition) is 8. The second-order valence-electron chi connectivity index (χ2n) is 5.82. The molecule has 0 fully saturated rings. The molecule has 3 rings (SSSR count). The number of halogens is 3. The predicted octanol–water partition coefficient (Wildman–Crippen LogP) is 2.49. The Morgan fingerprint density at radius 2 is 1.79 bits per heavy atom. The van der Waals surface area contributed by atoms with Crippen LogP contribution in [0.5, 0.6) is 11.5 Å². The lowest BCUT2D eigenvalue weighted by atomic mass is 10.1. The first-order valence-corrected chi connectivity index (χ1v) is 7.70. The molecule has 0 amide bonds. The molecule has 3 aromatic rings. The summed E-state index contributed by atoms with van der Waals surface area (Å²) >= 11 is 0. The van der Waals surface area contributed by atoms with Crippen LogP contribution in [0.15, 0.2) is 30.7 Å². The van der Waals surface area contributed by atoms with E-state index < -0.39 is 45.2 Å². The summed E-state index contributed by atoms with van der Waals surface area (Å²) in [5, 5.41) is 42.0. The van der Waals surface area contributed by atoms with E-state index in [-0.39, 0.29) is 21.8 Å². The third-order valence-corrected chi connectivity index (χ3v) is 3.88. The van der Waals surface area contributed by atoms with Crippen molar-refractivity contribution in [1.82, 2.24) is 15.0 Å². The molecule has 1 aromatic carbocycles. The van der Waals surface area contributed by atoms with Crippen molar-refractivity contribution in [2.75, 3.05) is 0 Å². The molecule has 13 heteroatoms. The SMILES string of the molecule is Cc1cc(C(F)(F)F)c(-c2ncnc(-c3cc(O)c(O)c([N+](=O)[O-])c3)n2)c[n+]1[O-]. The fourth-order valence-corrected chi connectivity index (χ4v) is 2.49. The van der Waals surface area contributed by atoms with Gasteiger partial charge < -0.3 is 15.4 Å². The van der Waals surface area contributed by atoms with E-state index in [2.05, 4.69) is 15.0 Å². The van der Waals surface area contributed by atoms with Crippen LogP contribution in [-0.4, -0.2) is 30.1 Å². The number of nitrogens with zero attached hydrogens (tertiary/aromatic N) is 5. The molecule has 29 heavy (non-hydrogen) atoms. The predicted molar refractivity (Wildman–Crippen MR) is 89.4 cm³/mol. The number of aryl methyl sites for hydroxylation is 1. The molecule has 2 N–H and O–H groups in total. The lowest BCUT2D eigenvalue weighted by Crippen LogP contribution is -2.31. The van der Waals surface area contributed by atoms with Gasteiger partial charge in [-0.05, 0) is 6.07 Å². The topological polar surface area (TPSA) is 149 Å². The maximum Gasteiger partial charge on any atom is 0.417 e. The summed E-state index contributed by atoms with van der Waals surface area (Å²) in [4.78, 5) is 21.3. The first-order chi connectivity index (χ1) is 13.5. The molecule has 10 nitrogen and oxygen atoms in total. The number of aromatic nitrogens is 4. The number of hydrogen-bond donors (Lipinski definition) is 2. The number of phenolic OH excluding ortho intramolecular Hbond substituents is 2. The molecule has 0 aliphatic heterocycles. The van der Waals surface area contributed by atoms with Gasteiger partial charge in [-0.25, -0.2) is 15.0 Å². The summed E-state index contributed by atoms with van der Waals surface area (Å²) in [5.74, 6) is -2.67. The normalized spacial score (nSPS) is 11.4. The van der Waals surface area contributed by atoms with Gasteiger partial charge in [0.1, 0.15) is 6.33 Å². The molecular weight excluding hydrogens is 399 g/mol. The maximum atomic E-state index is 13.4. The summed E-state index contributed by atoms with van der Waals surface area (Å²) in [7, 11) is 0. The Kier molecular flexibility index (Phi) is 4.66. The van der Waals surface area contributed by atoms with Crippen molar-refractivity contribution in [3.05, 3.63) is 57.3 Å². The number of benzene rings is 1. The smallest absolute Gasteiger partial charge is 0.417 e. The zero-order valence-electron chi connectivity index (χ0n) is 14.4. The highest BCUT2D eigenvalue weighted by atomic mass is 19.4. The molecule has 2 aromatic heterocycles. The lowest BCUT2D eigenvalue weighted by Gasteiger charge is -2.13. The van der Waals surface area contributed by atoms with E-state index in [1.807, 2.05) is 0 Å². The molecule has 0 atom stereocenters. The van der Waals surface area contributed by atoms with Gasteiger partial charge in [0.25, 0.3) is 0 Å². The maximum absolute atomic E-state index is 13.4. The third-order valence-electron chi connectivity index (χ3n) is 3.88. The van der Waals surface area contributed by atoms with Crippen LogP contribution in [0.3, 0.4) is 0 Å². The Hall–Kier alpha value is -4.03. The Bertz CT molecular complexity index is 1140. The van der Waals surface area contributed by atoms with E-state index in [1.54, 1.807) is 0 Å². The average Bonchev–Trinajstić information content (AvgIpc) is 2.64. The number of phenols is 2. The van der Waals surface area contributed by atoms with Crippen molar-refractivity contribution in [2.45, 2.75) is 13.1 Å². The van der Waals surface area contributed by atoms with Gasteiger partial charge in [0.2, 0.25) is 5.75 Å². The van der Waals surface area contributed by atoms with Crippen LogP contribution in [0.4, 0.5) is 18.9 Å². The average molecular weight is 409 g/mol. The highest BCUT2D eigenvalue weighted by molar-refractivity contribution is 5.69. The number of rotatable bonds is 3. The van der Waals surface area contributed by atoms with Crippen LogP contribution in [0, 0.1) is 22.2 Å². The summed E-state index contributed by atoms with van der Waals surface area (Å²) in [6.45, 7) is 1.20. The second kappa shape index (κ2) is 6.85. The highest BCUT2D eigenvalue weighted by Crippen LogP contribution is 2.39. The summed E-state index contributed by atoms with van der Waals surface area (Å²) in [6.07, 6.45) is -3.30. The standard InChI is InChI=1S/C16H10F3N5O5/c1-7-2-10(16(17,18)19)9(5-23(7)27)15-21-6-20-14(22-15)8-3-11(24(28)29)13(26)12(25)4-8/h2-6,25-26H,1H3. The van der Waals surface area contributed by atoms with Crippen molar-refractivity contribution >= 4 is 5.69 Å². The molecule has 0 saturated heterocycles. The molecule has 0 radical (unpaired) electrons. The molecule has 2 heterocycles. The minimum absolute atomic E-state index is 0.161. The van der Waals surface area contributed by atoms with Crippen molar-refractivity contribution < 1.29 is 33.0 Å². The van der Waals surface area contributed by atoms with Crippen molar-refractivity contribution in [3.8, 4) is 34.3 Å². The van der Waals surface area contributed by atoms with Crippen LogP contribution < -0.4 is 4.73 Å². The fraction of sp³-hybridized carbons (Fsp3) is 0.125. The highest BCUT2D eigenvalue weighted by Gasteiger charge is 2.37. The van der Waals surface area contributed by atoms with Crippen LogP contribution in [0.1, 0.15) is 11.3 Å². The van der Waals surface area contributed by atoms with Crippen LogP contribution >= 0.6 is 0 Å². The summed E-state index contributed by atoms with van der Waals surface area (Å²) < 4.78 is 40.4. The molecule has 0 aliphatic rings. The van der Waals surface area contributed by atoms with Crippen LogP contribution in [0.25, 0.3) is 22.8 Å². The zero-order valence-corrected chi connectivity index (χ0v) is 14.4. The number of pyridine rings is 1. The monoisotopic (exact) mass is 409 g/mol. The molecule has 0 aliphatic carbocycles. The lowest BCUT2D eigenvalue weighted by molar-refractivity contribution is -0.612. The van der Waals surface area contributed by atoms with Gasteiger partial charge in [-0.1, -0.05) is 0 Å². The minimum Gasteiger partial charge on any atom is -0.618 e. The summed E-state index contributed by atoms with van der Waals surface area (Å²) in [6, 6.07) is 2.37. The van der Waals surface area contributed by atoms with Crippen LogP contribution in [-0.2, 0) is 6.18 Å². The van der Waals surface area contributed by atoms with Crippen molar-refractivity contribution in [1.29, 1.82) is 0 Å². The van der Waals surface area contributed by atoms with Gasteiger partial charge in [0, 0.05) is 24.6 Å². The molecule has 0 spiro atoms. The zero-order chi connectivity index (χ0) is 21.5. The largest absolute Gasteiger partial charge is 0.618 e. The Morgan fingerprint density at radius 3 is 2.41 bits per heavy atom. The fourth-order valence-electron chi connectivity index (χ4n) is 2.49. The number of aromatic hydroxyl groups is 2. The van der Waals surface area contributed by atoms with Gasteiger partial charge in [0.15, 0.2) is 29.3 Å².